The fraction of sp³-hybridized carbons (Fsp3) is 0.293. The van der Waals surface area contributed by atoms with Crippen LogP contribution in [-0.2, 0) is 20.9 Å². The van der Waals surface area contributed by atoms with Crippen LogP contribution in [0.2, 0.25) is 0 Å². The fourth-order valence-corrected chi connectivity index (χ4v) is 9.43. The fourth-order valence-electron chi connectivity index (χ4n) is 6.85. The summed E-state index contributed by atoms with van der Waals surface area (Å²) in [4.78, 5) is 35.0. The summed E-state index contributed by atoms with van der Waals surface area (Å²) in [7, 11) is 0. The number of thiazole rings is 1. The number of thioether (sulfide) groups is 1. The lowest BCUT2D eigenvalue weighted by Gasteiger charge is -2.44. The van der Waals surface area contributed by atoms with Crippen molar-refractivity contribution in [2.45, 2.75) is 68.3 Å². The van der Waals surface area contributed by atoms with Crippen molar-refractivity contribution in [3.05, 3.63) is 148 Å². The van der Waals surface area contributed by atoms with Gasteiger partial charge in [-0.3, -0.25) is 9.59 Å². The number of hydrogen-bond donors (Lipinski definition) is 3. The molecule has 3 atom stereocenters. The lowest BCUT2D eigenvalue weighted by molar-refractivity contribution is -0.140. The molecule has 2 heterocycles. The van der Waals surface area contributed by atoms with Gasteiger partial charge in [-0.2, -0.15) is 0 Å². The number of aryl methyl sites for hydroxylation is 2. The molecule has 5 aromatic rings. The van der Waals surface area contributed by atoms with Crippen molar-refractivity contribution in [3.8, 4) is 10.4 Å². The van der Waals surface area contributed by atoms with Crippen LogP contribution in [0.4, 0.5) is 0 Å². The van der Waals surface area contributed by atoms with Gasteiger partial charge < -0.3 is 21.1 Å². The number of aliphatic hydroxyl groups is 1. The van der Waals surface area contributed by atoms with Crippen molar-refractivity contribution in [2.75, 3.05) is 6.54 Å². The monoisotopic (exact) mass is 704 g/mol. The summed E-state index contributed by atoms with van der Waals surface area (Å²) in [5, 5.41) is 13.8. The van der Waals surface area contributed by atoms with Crippen molar-refractivity contribution in [1.29, 1.82) is 0 Å². The summed E-state index contributed by atoms with van der Waals surface area (Å²) in [5.41, 5.74) is 16.1. The Morgan fingerprint density at radius 1 is 0.940 bits per heavy atom. The van der Waals surface area contributed by atoms with Crippen LogP contribution >= 0.6 is 23.1 Å². The van der Waals surface area contributed by atoms with E-state index in [0.29, 0.717) is 6.54 Å². The Kier molecular flexibility index (Phi) is 10.6. The number of hydrogen-bond acceptors (Lipinski definition) is 7. The number of nitrogens with one attached hydrogen (secondary N) is 1. The molecule has 7 nitrogen and oxygen atoms in total. The Hall–Kier alpha value is -4.28. The molecular formula is C41H44N4O3S2. The molecule has 1 unspecified atom stereocenters. The molecule has 0 radical (unpaired) electrons. The third kappa shape index (κ3) is 7.14. The van der Waals surface area contributed by atoms with E-state index in [0.717, 1.165) is 44.0 Å². The van der Waals surface area contributed by atoms with Gasteiger partial charge in [0.2, 0.25) is 11.8 Å². The highest BCUT2D eigenvalue weighted by atomic mass is 32.2. The molecule has 1 aliphatic rings. The van der Waals surface area contributed by atoms with E-state index < -0.39 is 27.7 Å². The highest BCUT2D eigenvalue weighted by Crippen LogP contribution is 2.54. The van der Waals surface area contributed by atoms with Crippen LogP contribution in [0, 0.1) is 13.8 Å². The molecule has 1 aromatic heterocycles. The normalized spacial score (nSPS) is 17.0. The Bertz CT molecular complexity index is 1830. The van der Waals surface area contributed by atoms with Gasteiger partial charge in [-0.1, -0.05) is 109 Å². The number of carbonyl (C=O) groups is 2. The summed E-state index contributed by atoms with van der Waals surface area (Å²) in [5.74, 6) is -0.663. The predicted molar refractivity (Wildman–Crippen MR) is 204 cm³/mol. The summed E-state index contributed by atoms with van der Waals surface area (Å²) in [6, 6.07) is 35.2. The van der Waals surface area contributed by atoms with Gasteiger partial charge in [-0.15, -0.1) is 23.1 Å². The maximum absolute atomic E-state index is 14.3. The number of β-amino-alcohol motifs (C(OH)–C–C–N with tert-alkyl or cyclic N) is 1. The van der Waals surface area contributed by atoms with E-state index in [1.54, 1.807) is 23.1 Å². The number of nitrogens with two attached hydrogens (primary N) is 1. The van der Waals surface area contributed by atoms with Crippen molar-refractivity contribution < 1.29 is 14.7 Å². The summed E-state index contributed by atoms with van der Waals surface area (Å²) in [6.07, 6.45) is -0.666. The minimum Gasteiger partial charge on any atom is -0.391 e. The second-order valence-electron chi connectivity index (χ2n) is 13.5. The zero-order valence-corrected chi connectivity index (χ0v) is 30.5. The van der Waals surface area contributed by atoms with Crippen LogP contribution in [0.5, 0.6) is 0 Å². The second-order valence-corrected chi connectivity index (χ2v) is 16.2. The first-order valence-corrected chi connectivity index (χ1v) is 18.6. The van der Waals surface area contributed by atoms with E-state index in [1.807, 2.05) is 99.9 Å². The number of aliphatic hydroxyl groups excluding tert-OH is 1. The largest absolute Gasteiger partial charge is 0.391 e. The first-order valence-electron chi connectivity index (χ1n) is 16.9. The molecule has 0 bridgehead atoms. The highest BCUT2D eigenvalue weighted by molar-refractivity contribution is 8.02. The third-order valence-electron chi connectivity index (χ3n) is 9.64. The molecule has 2 amide bonds. The zero-order valence-electron chi connectivity index (χ0n) is 28.9. The number of aromatic nitrogens is 1. The molecule has 0 saturated carbocycles. The minimum absolute atomic E-state index is 0.0501. The maximum atomic E-state index is 14.3. The molecule has 0 spiro atoms. The standard InChI is InChI=1S/C41H44N4O3S2/c1-27-22-29(36-28(2)44-26-49-36)20-21-30(27)24-43-38(47)35-23-34(46)25-45(35)39(48)37(42)40(3,4)50-41(31-14-8-5-9-15-31,32-16-10-6-11-17-32)33-18-12-7-13-19-33/h5-22,26,34-35,37,46H,23-25,42H2,1-4H3,(H,43,47)/t34-,35-,37?/m1/s1. The van der Waals surface area contributed by atoms with Gasteiger partial charge in [0.1, 0.15) is 6.04 Å². The molecule has 1 fully saturated rings. The van der Waals surface area contributed by atoms with E-state index in [4.69, 9.17) is 5.73 Å². The molecule has 6 rings (SSSR count). The molecule has 1 aliphatic heterocycles. The SMILES string of the molecule is Cc1cc(-c2scnc2C)ccc1CNC(=O)[C@H]1C[C@@H](O)CN1C(=O)C(N)C(C)(C)SC(c1ccccc1)(c1ccccc1)c1ccccc1. The third-order valence-corrected chi connectivity index (χ3v) is 12.4. The first-order chi connectivity index (χ1) is 24.0. The van der Waals surface area contributed by atoms with E-state index in [9.17, 15) is 14.7 Å². The van der Waals surface area contributed by atoms with Gasteiger partial charge in [0.25, 0.3) is 0 Å². The van der Waals surface area contributed by atoms with Gasteiger partial charge in [0, 0.05) is 24.3 Å². The quantitative estimate of drug-likeness (QED) is 0.130. The molecule has 1 saturated heterocycles. The number of carbonyl (C=O) groups excluding carboxylic acids is 2. The lowest BCUT2D eigenvalue weighted by atomic mass is 9.84. The maximum Gasteiger partial charge on any atom is 0.243 e. The van der Waals surface area contributed by atoms with Crippen LogP contribution in [0.25, 0.3) is 10.4 Å². The van der Waals surface area contributed by atoms with E-state index in [2.05, 4.69) is 52.8 Å². The Morgan fingerprint density at radius 2 is 1.50 bits per heavy atom. The minimum atomic E-state index is -0.978. The van der Waals surface area contributed by atoms with Gasteiger partial charge >= 0.3 is 0 Å². The van der Waals surface area contributed by atoms with Crippen LogP contribution in [0.1, 0.15) is 53.8 Å². The van der Waals surface area contributed by atoms with E-state index in [-0.39, 0.29) is 24.8 Å². The number of nitrogens with zero attached hydrogens (tertiary/aromatic N) is 2. The highest BCUT2D eigenvalue weighted by Gasteiger charge is 2.49. The predicted octanol–water partition coefficient (Wildman–Crippen LogP) is 6.84. The van der Waals surface area contributed by atoms with Gasteiger partial charge in [0.05, 0.1) is 33.0 Å². The van der Waals surface area contributed by atoms with E-state index in [1.165, 1.54) is 4.90 Å². The first kappa shape index (κ1) is 35.5. The van der Waals surface area contributed by atoms with E-state index >= 15 is 0 Å². The smallest absolute Gasteiger partial charge is 0.243 e. The summed E-state index contributed by atoms with van der Waals surface area (Å²) < 4.78 is -1.51. The molecular weight excluding hydrogens is 661 g/mol. The molecule has 258 valence electrons. The average molecular weight is 705 g/mol. The van der Waals surface area contributed by atoms with Crippen LogP contribution in [0.3, 0.4) is 0 Å². The Morgan fingerprint density at radius 3 is 2.00 bits per heavy atom. The molecule has 0 aliphatic carbocycles. The van der Waals surface area contributed by atoms with Crippen molar-refractivity contribution in [1.82, 2.24) is 15.2 Å². The lowest BCUT2D eigenvalue weighted by Crippen LogP contribution is -2.57. The summed E-state index contributed by atoms with van der Waals surface area (Å²) in [6.45, 7) is 8.36. The van der Waals surface area contributed by atoms with Crippen molar-refractivity contribution in [2.24, 2.45) is 5.73 Å². The molecule has 4 aromatic carbocycles. The molecule has 50 heavy (non-hydrogen) atoms. The number of amides is 2. The number of benzene rings is 4. The van der Waals surface area contributed by atoms with Crippen molar-refractivity contribution >= 4 is 34.9 Å². The average Bonchev–Trinajstić information content (AvgIpc) is 3.75. The van der Waals surface area contributed by atoms with Crippen molar-refractivity contribution in [3.63, 3.8) is 0 Å². The van der Waals surface area contributed by atoms with Gasteiger partial charge in [-0.05, 0) is 61.1 Å². The molecule has 9 heteroatoms. The molecule has 4 N–H and O–H groups in total. The van der Waals surface area contributed by atoms with Gasteiger partial charge in [0.15, 0.2) is 0 Å². The second kappa shape index (κ2) is 14.9. The Labute approximate surface area is 303 Å². The van der Waals surface area contributed by atoms with Crippen LogP contribution in [0.15, 0.2) is 115 Å². The van der Waals surface area contributed by atoms with Gasteiger partial charge in [-0.25, -0.2) is 4.98 Å². The number of rotatable bonds is 11. The Balaban J connectivity index is 1.24. The van der Waals surface area contributed by atoms with Crippen LogP contribution < -0.4 is 11.1 Å². The summed E-state index contributed by atoms with van der Waals surface area (Å²) >= 11 is 3.24. The zero-order chi connectivity index (χ0) is 35.5. The van der Waals surface area contributed by atoms with Crippen LogP contribution in [-0.4, -0.2) is 56.3 Å². The number of likely N-dealkylation sites (tertiary alicyclic amines) is 1. The topological polar surface area (TPSA) is 109 Å².